The highest BCUT2D eigenvalue weighted by Crippen LogP contribution is 2.08. The van der Waals surface area contributed by atoms with Crippen molar-refractivity contribution in [2.45, 2.75) is 18.6 Å². The summed E-state index contributed by atoms with van der Waals surface area (Å²) >= 11 is 0. The Labute approximate surface area is 95.2 Å². The number of hydrogen-bond donors (Lipinski definition) is 2. The van der Waals surface area contributed by atoms with Crippen LogP contribution >= 0.6 is 0 Å². The number of carbonyl (C=O) groups excluding carboxylic acids is 2. The number of carbonyl (C=O) groups is 2. The van der Waals surface area contributed by atoms with E-state index < -0.39 is 6.10 Å². The predicted octanol–water partition coefficient (Wildman–Crippen LogP) is -1.74. The van der Waals surface area contributed by atoms with Gasteiger partial charge in [0.05, 0.1) is 18.7 Å². The van der Waals surface area contributed by atoms with Gasteiger partial charge in [0, 0.05) is 27.7 Å². The molecule has 1 aliphatic heterocycles. The van der Waals surface area contributed by atoms with Gasteiger partial charge >= 0.3 is 0 Å². The highest BCUT2D eigenvalue weighted by Gasteiger charge is 2.30. The molecule has 6 nitrogen and oxygen atoms in total. The Hall–Kier alpha value is -1.14. The SMILES string of the molecule is CN(C)C(=O)CN(C)C(=O)C1CC(O)CN1. The van der Waals surface area contributed by atoms with Crippen LogP contribution in [-0.4, -0.2) is 73.1 Å². The van der Waals surface area contributed by atoms with E-state index in [0.29, 0.717) is 13.0 Å². The third kappa shape index (κ3) is 3.18. The van der Waals surface area contributed by atoms with Crippen molar-refractivity contribution in [2.75, 3.05) is 34.2 Å². The molecule has 0 aromatic carbocycles. The topological polar surface area (TPSA) is 72.9 Å². The third-order valence-electron chi connectivity index (χ3n) is 2.65. The van der Waals surface area contributed by atoms with Gasteiger partial charge in [0.2, 0.25) is 11.8 Å². The van der Waals surface area contributed by atoms with Crippen LogP contribution in [0.2, 0.25) is 0 Å². The molecule has 2 atom stereocenters. The second-order valence-electron chi connectivity index (χ2n) is 4.33. The molecule has 1 aliphatic rings. The summed E-state index contributed by atoms with van der Waals surface area (Å²) in [5.74, 6) is -0.263. The molecule has 6 heteroatoms. The number of rotatable bonds is 3. The van der Waals surface area contributed by atoms with Crippen molar-refractivity contribution in [2.24, 2.45) is 0 Å². The van der Waals surface area contributed by atoms with Gasteiger partial charge in [-0.15, -0.1) is 0 Å². The number of aliphatic hydroxyl groups is 1. The average molecular weight is 229 g/mol. The maximum absolute atomic E-state index is 11.8. The van der Waals surface area contributed by atoms with E-state index in [0.717, 1.165) is 0 Å². The first kappa shape index (κ1) is 12.9. The number of amides is 2. The summed E-state index contributed by atoms with van der Waals surface area (Å²) in [4.78, 5) is 26.1. The molecule has 0 bridgehead atoms. The monoisotopic (exact) mass is 229 g/mol. The predicted molar refractivity (Wildman–Crippen MR) is 58.7 cm³/mol. The number of aliphatic hydroxyl groups excluding tert-OH is 1. The Morgan fingerprint density at radius 3 is 2.44 bits per heavy atom. The number of hydrogen-bond acceptors (Lipinski definition) is 4. The summed E-state index contributed by atoms with van der Waals surface area (Å²) in [6.45, 7) is 0.506. The fraction of sp³-hybridized carbons (Fsp3) is 0.800. The average Bonchev–Trinajstić information content (AvgIpc) is 2.63. The van der Waals surface area contributed by atoms with Gasteiger partial charge in [-0.25, -0.2) is 0 Å². The van der Waals surface area contributed by atoms with Gasteiger partial charge in [-0.05, 0) is 6.42 Å². The number of β-amino-alcohol motifs (C(OH)–C–C–N with tert-alkyl or cyclic N) is 1. The molecule has 0 spiro atoms. The zero-order chi connectivity index (χ0) is 12.3. The summed E-state index contributed by atoms with van der Waals surface area (Å²) in [6.07, 6.45) is -0.0498. The minimum Gasteiger partial charge on any atom is -0.392 e. The molecule has 1 fully saturated rings. The quantitative estimate of drug-likeness (QED) is 0.602. The lowest BCUT2D eigenvalue weighted by molar-refractivity contribution is -0.139. The standard InChI is InChI=1S/C10H19N3O3/c1-12(2)9(15)6-13(3)10(16)8-4-7(14)5-11-8/h7-8,11,14H,4-6H2,1-3H3. The summed E-state index contributed by atoms with van der Waals surface area (Å²) < 4.78 is 0. The Bertz CT molecular complexity index is 280. The van der Waals surface area contributed by atoms with Crippen LogP contribution < -0.4 is 5.32 Å². The Morgan fingerprint density at radius 2 is 2.00 bits per heavy atom. The van der Waals surface area contributed by atoms with Crippen LogP contribution in [0.4, 0.5) is 0 Å². The molecule has 1 saturated heterocycles. The molecule has 2 N–H and O–H groups in total. The summed E-state index contributed by atoms with van der Waals surface area (Å²) in [5, 5.41) is 12.2. The van der Waals surface area contributed by atoms with Gasteiger partial charge in [-0.3, -0.25) is 9.59 Å². The maximum atomic E-state index is 11.8. The minimum absolute atomic E-state index is 0.0696. The first-order valence-corrected chi connectivity index (χ1v) is 5.28. The van der Waals surface area contributed by atoms with Crippen LogP contribution in [0, 0.1) is 0 Å². The molecule has 0 radical (unpaired) electrons. The van der Waals surface area contributed by atoms with Crippen LogP contribution in [0.25, 0.3) is 0 Å². The summed E-state index contributed by atoms with van der Waals surface area (Å²) in [7, 11) is 4.90. The van der Waals surface area contributed by atoms with Gasteiger partial charge in [0.25, 0.3) is 0 Å². The van der Waals surface area contributed by atoms with Crippen LogP contribution in [0.1, 0.15) is 6.42 Å². The van der Waals surface area contributed by atoms with Gasteiger partial charge in [0.15, 0.2) is 0 Å². The van der Waals surface area contributed by atoms with E-state index in [1.807, 2.05) is 0 Å². The fourth-order valence-corrected chi connectivity index (χ4v) is 1.59. The first-order valence-electron chi connectivity index (χ1n) is 5.28. The van der Waals surface area contributed by atoms with Crippen molar-refractivity contribution in [3.63, 3.8) is 0 Å². The van der Waals surface area contributed by atoms with E-state index in [9.17, 15) is 14.7 Å². The number of likely N-dealkylation sites (N-methyl/N-ethyl adjacent to an activating group) is 2. The van der Waals surface area contributed by atoms with E-state index in [1.54, 1.807) is 21.1 Å². The van der Waals surface area contributed by atoms with Gasteiger partial charge in [0.1, 0.15) is 0 Å². The lowest BCUT2D eigenvalue weighted by Gasteiger charge is -2.22. The first-order chi connectivity index (χ1) is 7.41. The van der Waals surface area contributed by atoms with Crippen LogP contribution in [0.5, 0.6) is 0 Å². The third-order valence-corrected chi connectivity index (χ3v) is 2.65. The Kier molecular flexibility index (Phi) is 4.26. The zero-order valence-corrected chi connectivity index (χ0v) is 9.93. The molecule has 2 unspecified atom stereocenters. The van der Waals surface area contributed by atoms with Gasteiger partial charge in [-0.1, -0.05) is 0 Å². The molecule has 1 heterocycles. The molecule has 0 saturated carbocycles. The second-order valence-corrected chi connectivity index (χ2v) is 4.33. The molecule has 2 amide bonds. The van der Waals surface area contributed by atoms with E-state index in [-0.39, 0.29) is 24.4 Å². The summed E-state index contributed by atoms with van der Waals surface area (Å²) in [5.41, 5.74) is 0. The van der Waals surface area contributed by atoms with Crippen LogP contribution in [0.3, 0.4) is 0 Å². The van der Waals surface area contributed by atoms with Crippen molar-refractivity contribution in [3.05, 3.63) is 0 Å². The molecule has 16 heavy (non-hydrogen) atoms. The van der Waals surface area contributed by atoms with Crippen molar-refractivity contribution in [1.82, 2.24) is 15.1 Å². The fourth-order valence-electron chi connectivity index (χ4n) is 1.59. The number of nitrogens with one attached hydrogen (secondary N) is 1. The lowest BCUT2D eigenvalue weighted by Crippen LogP contribution is -2.45. The second kappa shape index (κ2) is 5.27. The molecule has 0 aromatic heterocycles. The Balaban J connectivity index is 2.45. The smallest absolute Gasteiger partial charge is 0.241 e. The molecular formula is C10H19N3O3. The van der Waals surface area contributed by atoms with Crippen molar-refractivity contribution < 1.29 is 14.7 Å². The highest BCUT2D eigenvalue weighted by molar-refractivity contribution is 5.87. The lowest BCUT2D eigenvalue weighted by atomic mass is 10.2. The largest absolute Gasteiger partial charge is 0.392 e. The van der Waals surface area contributed by atoms with E-state index in [4.69, 9.17) is 0 Å². The normalized spacial score (nSPS) is 24.2. The van der Waals surface area contributed by atoms with Crippen molar-refractivity contribution >= 4 is 11.8 Å². The zero-order valence-electron chi connectivity index (χ0n) is 9.93. The van der Waals surface area contributed by atoms with Gasteiger partial charge in [-0.2, -0.15) is 0 Å². The maximum Gasteiger partial charge on any atom is 0.241 e. The van der Waals surface area contributed by atoms with E-state index >= 15 is 0 Å². The minimum atomic E-state index is -0.466. The highest BCUT2D eigenvalue weighted by atomic mass is 16.3. The molecule has 0 aromatic rings. The molecular weight excluding hydrogens is 210 g/mol. The Morgan fingerprint density at radius 1 is 1.38 bits per heavy atom. The van der Waals surface area contributed by atoms with E-state index in [2.05, 4.69) is 5.32 Å². The van der Waals surface area contributed by atoms with Crippen molar-refractivity contribution in [3.8, 4) is 0 Å². The van der Waals surface area contributed by atoms with Crippen LogP contribution in [0.15, 0.2) is 0 Å². The number of nitrogens with zero attached hydrogens (tertiary/aromatic N) is 2. The molecule has 1 rings (SSSR count). The van der Waals surface area contributed by atoms with E-state index in [1.165, 1.54) is 9.80 Å². The molecule has 0 aliphatic carbocycles. The van der Waals surface area contributed by atoms with Crippen molar-refractivity contribution in [1.29, 1.82) is 0 Å². The molecule has 92 valence electrons. The summed E-state index contributed by atoms with van der Waals surface area (Å²) in [6, 6.07) is -0.366. The van der Waals surface area contributed by atoms with Gasteiger partial charge < -0.3 is 20.2 Å². The van der Waals surface area contributed by atoms with Crippen LogP contribution in [-0.2, 0) is 9.59 Å².